The van der Waals surface area contributed by atoms with Gasteiger partial charge in [-0.3, -0.25) is 4.79 Å². The van der Waals surface area contributed by atoms with Crippen molar-refractivity contribution in [1.29, 1.82) is 0 Å². The molecule has 2 aromatic rings. The van der Waals surface area contributed by atoms with Gasteiger partial charge in [0.05, 0.1) is 11.2 Å². The van der Waals surface area contributed by atoms with E-state index in [0.29, 0.717) is 0 Å². The van der Waals surface area contributed by atoms with Crippen molar-refractivity contribution >= 4 is 16.6 Å². The molecular weight excluding hydrogens is 200 g/mol. The monoisotopic (exact) mass is 214 g/mol. The van der Waals surface area contributed by atoms with Crippen LogP contribution in [0.3, 0.4) is 0 Å². The van der Waals surface area contributed by atoms with Crippen LogP contribution in [0.4, 0.5) is 5.69 Å². The molecule has 82 valence electrons. The Bertz CT molecular complexity index is 613. The van der Waals surface area contributed by atoms with Gasteiger partial charge >= 0.3 is 0 Å². The summed E-state index contributed by atoms with van der Waals surface area (Å²) in [6, 6.07) is 8.06. The highest BCUT2D eigenvalue weighted by Crippen LogP contribution is 2.27. The summed E-state index contributed by atoms with van der Waals surface area (Å²) in [5, 5.41) is 4.51. The van der Waals surface area contributed by atoms with E-state index in [2.05, 4.69) is 11.4 Å². The van der Waals surface area contributed by atoms with Crippen LogP contribution in [0.15, 0.2) is 29.1 Å². The molecule has 3 nitrogen and oxygen atoms in total. The molecule has 1 aliphatic rings. The highest BCUT2D eigenvalue weighted by Gasteiger charge is 2.17. The Hall–Kier alpha value is -1.77. The summed E-state index contributed by atoms with van der Waals surface area (Å²) in [6.07, 6.45) is 1.93. The van der Waals surface area contributed by atoms with Crippen molar-refractivity contribution in [1.82, 2.24) is 4.57 Å². The minimum absolute atomic E-state index is 0.140. The van der Waals surface area contributed by atoms with E-state index in [-0.39, 0.29) is 5.56 Å². The van der Waals surface area contributed by atoms with E-state index < -0.39 is 0 Å². The van der Waals surface area contributed by atoms with Gasteiger partial charge in [-0.15, -0.1) is 0 Å². The molecule has 1 aromatic heterocycles. The third-order valence-corrected chi connectivity index (χ3v) is 3.30. The Kier molecular flexibility index (Phi) is 1.99. The summed E-state index contributed by atoms with van der Waals surface area (Å²) in [7, 11) is 1.85. The summed E-state index contributed by atoms with van der Waals surface area (Å²) >= 11 is 0. The van der Waals surface area contributed by atoms with Crippen molar-refractivity contribution in [2.45, 2.75) is 12.8 Å². The fourth-order valence-corrected chi connectivity index (χ4v) is 2.47. The summed E-state index contributed by atoms with van der Waals surface area (Å²) in [5.41, 5.74) is 3.12. The number of aromatic nitrogens is 1. The number of pyridine rings is 1. The van der Waals surface area contributed by atoms with Gasteiger partial charge in [0.25, 0.3) is 5.56 Å². The molecule has 0 saturated carbocycles. The molecule has 3 rings (SSSR count). The molecule has 2 heterocycles. The zero-order valence-electron chi connectivity index (χ0n) is 9.29. The lowest BCUT2D eigenvalue weighted by Crippen LogP contribution is -2.27. The first-order chi connectivity index (χ1) is 7.79. The van der Waals surface area contributed by atoms with Crippen LogP contribution in [0.25, 0.3) is 10.9 Å². The number of para-hydroxylation sites is 1. The van der Waals surface area contributed by atoms with Crippen LogP contribution >= 0.6 is 0 Å². The zero-order valence-corrected chi connectivity index (χ0v) is 9.29. The normalized spacial score (nSPS) is 14.6. The molecule has 1 N–H and O–H groups in total. The van der Waals surface area contributed by atoms with Crippen LogP contribution in [0, 0.1) is 0 Å². The second-order valence-electron chi connectivity index (χ2n) is 4.27. The molecule has 0 fully saturated rings. The lowest BCUT2D eigenvalue weighted by atomic mass is 10.0. The van der Waals surface area contributed by atoms with Gasteiger partial charge in [-0.2, -0.15) is 0 Å². The predicted molar refractivity (Wildman–Crippen MR) is 66.0 cm³/mol. The Balaban J connectivity index is 2.50. The van der Waals surface area contributed by atoms with Crippen molar-refractivity contribution in [3.05, 3.63) is 40.2 Å². The fraction of sp³-hybridized carbons (Fsp3) is 0.308. The number of rotatable bonds is 0. The number of hydrogen-bond acceptors (Lipinski definition) is 2. The molecule has 0 saturated heterocycles. The first-order valence-corrected chi connectivity index (χ1v) is 5.63. The largest absolute Gasteiger partial charge is 0.384 e. The third-order valence-electron chi connectivity index (χ3n) is 3.30. The van der Waals surface area contributed by atoms with Crippen LogP contribution in [0.5, 0.6) is 0 Å². The standard InChI is InChI=1S/C13H14N2O/c1-15-11-7-3-2-5-9(11)12-10(13(15)16)6-4-8-14-12/h2-3,5,7,14H,4,6,8H2,1H3. The van der Waals surface area contributed by atoms with Crippen molar-refractivity contribution < 1.29 is 0 Å². The van der Waals surface area contributed by atoms with Gasteiger partial charge in [0, 0.05) is 24.5 Å². The third kappa shape index (κ3) is 1.18. The number of hydrogen-bond donors (Lipinski definition) is 1. The molecule has 3 heteroatoms. The quantitative estimate of drug-likeness (QED) is 0.726. The maximum atomic E-state index is 12.2. The predicted octanol–water partition coefficient (Wildman–Crippen LogP) is 1.90. The lowest BCUT2D eigenvalue weighted by Gasteiger charge is -2.20. The molecule has 1 aromatic carbocycles. The average Bonchev–Trinajstić information content (AvgIpc) is 2.36. The SMILES string of the molecule is Cn1c(=O)c2c(c3ccccc31)NCCC2. The molecule has 0 aliphatic carbocycles. The summed E-state index contributed by atoms with van der Waals surface area (Å²) in [6.45, 7) is 0.962. The minimum Gasteiger partial charge on any atom is -0.384 e. The van der Waals surface area contributed by atoms with Crippen molar-refractivity contribution in [3.63, 3.8) is 0 Å². The molecule has 0 amide bonds. The molecule has 0 radical (unpaired) electrons. The van der Waals surface area contributed by atoms with Crippen LogP contribution in [-0.2, 0) is 13.5 Å². The molecular formula is C13H14N2O. The molecule has 16 heavy (non-hydrogen) atoms. The first kappa shape index (κ1) is 9.46. The van der Waals surface area contributed by atoms with E-state index >= 15 is 0 Å². The molecule has 0 atom stereocenters. The Morgan fingerprint density at radius 1 is 1.31 bits per heavy atom. The number of anilines is 1. The number of nitrogens with zero attached hydrogens (tertiary/aromatic N) is 1. The van der Waals surface area contributed by atoms with E-state index in [1.54, 1.807) is 4.57 Å². The summed E-state index contributed by atoms with van der Waals surface area (Å²) < 4.78 is 1.75. The number of aryl methyl sites for hydroxylation is 1. The van der Waals surface area contributed by atoms with Crippen LogP contribution in [0.1, 0.15) is 12.0 Å². The molecule has 0 bridgehead atoms. The highest BCUT2D eigenvalue weighted by atomic mass is 16.1. The van der Waals surface area contributed by atoms with Gasteiger partial charge in [-0.1, -0.05) is 18.2 Å². The minimum atomic E-state index is 0.140. The van der Waals surface area contributed by atoms with Crippen LogP contribution in [0.2, 0.25) is 0 Å². The van der Waals surface area contributed by atoms with E-state index in [9.17, 15) is 4.79 Å². The molecule has 0 spiro atoms. The lowest BCUT2D eigenvalue weighted by molar-refractivity contribution is 0.790. The van der Waals surface area contributed by atoms with Gasteiger partial charge < -0.3 is 9.88 Å². The van der Waals surface area contributed by atoms with E-state index in [1.165, 1.54) is 0 Å². The van der Waals surface area contributed by atoms with Gasteiger partial charge in [0.2, 0.25) is 0 Å². The van der Waals surface area contributed by atoms with Crippen molar-refractivity contribution in [2.24, 2.45) is 7.05 Å². The van der Waals surface area contributed by atoms with Gasteiger partial charge in [-0.25, -0.2) is 0 Å². The van der Waals surface area contributed by atoms with Gasteiger partial charge in [-0.05, 0) is 18.9 Å². The molecule has 0 unspecified atom stereocenters. The molecule has 1 aliphatic heterocycles. The van der Waals surface area contributed by atoms with E-state index in [1.807, 2.05) is 25.2 Å². The number of benzene rings is 1. The van der Waals surface area contributed by atoms with Gasteiger partial charge in [0.15, 0.2) is 0 Å². The maximum absolute atomic E-state index is 12.2. The topological polar surface area (TPSA) is 34.0 Å². The van der Waals surface area contributed by atoms with Crippen LogP contribution in [-0.4, -0.2) is 11.1 Å². The Morgan fingerprint density at radius 2 is 2.12 bits per heavy atom. The maximum Gasteiger partial charge on any atom is 0.256 e. The highest BCUT2D eigenvalue weighted by molar-refractivity contribution is 5.93. The van der Waals surface area contributed by atoms with Crippen molar-refractivity contribution in [2.75, 3.05) is 11.9 Å². The zero-order chi connectivity index (χ0) is 11.1. The average molecular weight is 214 g/mol. The summed E-state index contributed by atoms with van der Waals surface area (Å²) in [5.74, 6) is 0. The smallest absolute Gasteiger partial charge is 0.256 e. The Morgan fingerprint density at radius 3 is 3.00 bits per heavy atom. The van der Waals surface area contributed by atoms with Gasteiger partial charge in [0.1, 0.15) is 0 Å². The second kappa shape index (κ2) is 3.37. The number of nitrogens with one attached hydrogen (secondary N) is 1. The first-order valence-electron chi connectivity index (χ1n) is 5.63. The fourth-order valence-electron chi connectivity index (χ4n) is 2.47. The number of fused-ring (bicyclic) bond motifs is 3. The summed E-state index contributed by atoms with van der Waals surface area (Å²) in [4.78, 5) is 12.2. The van der Waals surface area contributed by atoms with E-state index in [0.717, 1.165) is 41.5 Å². The van der Waals surface area contributed by atoms with Crippen LogP contribution < -0.4 is 10.9 Å². The van der Waals surface area contributed by atoms with Crippen molar-refractivity contribution in [3.8, 4) is 0 Å². The Labute approximate surface area is 93.7 Å². The second-order valence-corrected chi connectivity index (χ2v) is 4.27. The van der Waals surface area contributed by atoms with E-state index in [4.69, 9.17) is 0 Å².